The summed E-state index contributed by atoms with van der Waals surface area (Å²) in [5.41, 5.74) is 4.29. The summed E-state index contributed by atoms with van der Waals surface area (Å²) >= 11 is 0. The summed E-state index contributed by atoms with van der Waals surface area (Å²) in [7, 11) is 0. The van der Waals surface area contributed by atoms with Gasteiger partial charge in [-0.2, -0.15) is 5.26 Å². The number of benzene rings is 1. The van der Waals surface area contributed by atoms with Crippen LogP contribution in [-0.4, -0.2) is 24.6 Å². The lowest BCUT2D eigenvalue weighted by molar-refractivity contribution is -0.138. The quantitative estimate of drug-likeness (QED) is 0.338. The highest BCUT2D eigenvalue weighted by atomic mass is 19.1. The zero-order valence-corrected chi connectivity index (χ0v) is 12.6. The van der Waals surface area contributed by atoms with Crippen LogP contribution in [0.1, 0.15) is 13.8 Å². The van der Waals surface area contributed by atoms with Crippen LogP contribution in [0.3, 0.4) is 0 Å². The summed E-state index contributed by atoms with van der Waals surface area (Å²) < 4.78 is 22.7. The van der Waals surface area contributed by atoms with Gasteiger partial charge in [0.1, 0.15) is 17.6 Å². The number of ether oxygens (including phenoxy) is 2. The topological polar surface area (TPSA) is 100 Å². The molecule has 1 amide bonds. The number of carbonyl (C=O) groups excluding carboxylic acids is 2. The maximum absolute atomic E-state index is 12.8. The van der Waals surface area contributed by atoms with E-state index in [1.807, 2.05) is 0 Å². The first kappa shape index (κ1) is 18.0. The van der Waals surface area contributed by atoms with Gasteiger partial charge in [-0.05, 0) is 38.1 Å². The fourth-order valence-electron chi connectivity index (χ4n) is 1.40. The maximum Gasteiger partial charge on any atom is 0.350 e. The van der Waals surface area contributed by atoms with Crippen LogP contribution in [0.25, 0.3) is 0 Å². The molecule has 1 aromatic rings. The van der Waals surface area contributed by atoms with Gasteiger partial charge in [0.2, 0.25) is 0 Å². The van der Waals surface area contributed by atoms with E-state index in [1.54, 1.807) is 13.0 Å². The predicted octanol–water partition coefficient (Wildman–Crippen LogP) is 1.18. The van der Waals surface area contributed by atoms with Gasteiger partial charge in [0.05, 0.1) is 6.61 Å². The van der Waals surface area contributed by atoms with E-state index in [9.17, 15) is 14.0 Å². The highest BCUT2D eigenvalue weighted by Crippen LogP contribution is 2.12. The van der Waals surface area contributed by atoms with E-state index in [0.29, 0.717) is 5.75 Å². The van der Waals surface area contributed by atoms with Gasteiger partial charge in [-0.15, -0.1) is 0 Å². The molecule has 2 N–H and O–H groups in total. The molecular weight excluding hydrogens is 305 g/mol. The summed E-state index contributed by atoms with van der Waals surface area (Å²) in [5, 5.41) is 8.79. The van der Waals surface area contributed by atoms with Crippen LogP contribution in [-0.2, 0) is 14.3 Å². The summed E-state index contributed by atoms with van der Waals surface area (Å²) in [4.78, 5) is 23.1. The molecule has 8 heteroatoms. The Hall–Kier alpha value is -3.08. The third kappa shape index (κ3) is 6.05. The molecule has 0 aliphatic rings. The second-order valence-corrected chi connectivity index (χ2v) is 4.24. The molecule has 1 atom stereocenters. The lowest BCUT2D eigenvalue weighted by Crippen LogP contribution is -2.42. The van der Waals surface area contributed by atoms with E-state index in [0.717, 1.165) is 6.20 Å². The zero-order valence-electron chi connectivity index (χ0n) is 12.6. The number of amides is 1. The van der Waals surface area contributed by atoms with Crippen LogP contribution in [0.4, 0.5) is 4.39 Å². The Morgan fingerprint density at radius 3 is 2.61 bits per heavy atom. The van der Waals surface area contributed by atoms with Crippen molar-refractivity contribution >= 4 is 11.9 Å². The minimum absolute atomic E-state index is 0.132. The molecule has 122 valence electrons. The van der Waals surface area contributed by atoms with Crippen LogP contribution < -0.4 is 15.6 Å². The van der Waals surface area contributed by atoms with Gasteiger partial charge in [-0.3, -0.25) is 10.2 Å². The average molecular weight is 321 g/mol. The molecule has 0 unspecified atom stereocenters. The zero-order chi connectivity index (χ0) is 17.2. The number of nitrogens with zero attached hydrogens (tertiary/aromatic N) is 1. The van der Waals surface area contributed by atoms with Crippen molar-refractivity contribution in [3.8, 4) is 11.8 Å². The number of nitriles is 1. The normalized spacial score (nSPS) is 11.8. The van der Waals surface area contributed by atoms with Crippen molar-refractivity contribution in [3.05, 3.63) is 41.9 Å². The first-order valence-electron chi connectivity index (χ1n) is 6.73. The lowest BCUT2D eigenvalue weighted by atomic mass is 10.3. The Kier molecular flexibility index (Phi) is 7.07. The van der Waals surface area contributed by atoms with E-state index >= 15 is 0 Å². The van der Waals surface area contributed by atoms with Crippen molar-refractivity contribution in [1.82, 2.24) is 10.9 Å². The predicted molar refractivity (Wildman–Crippen MR) is 78.1 cm³/mol. The smallest absolute Gasteiger partial charge is 0.350 e. The molecule has 1 aromatic carbocycles. The van der Waals surface area contributed by atoms with Crippen LogP contribution in [0.15, 0.2) is 36.0 Å². The minimum atomic E-state index is -0.880. The lowest BCUT2D eigenvalue weighted by Gasteiger charge is -2.14. The Morgan fingerprint density at radius 2 is 2.04 bits per heavy atom. The van der Waals surface area contributed by atoms with Crippen molar-refractivity contribution in [3.63, 3.8) is 0 Å². The Bertz CT molecular complexity index is 623. The molecule has 0 radical (unpaired) electrons. The van der Waals surface area contributed by atoms with Crippen molar-refractivity contribution in [2.45, 2.75) is 20.0 Å². The highest BCUT2D eigenvalue weighted by molar-refractivity contribution is 5.92. The monoisotopic (exact) mass is 321 g/mol. The van der Waals surface area contributed by atoms with Gasteiger partial charge in [0.25, 0.3) is 5.91 Å². The van der Waals surface area contributed by atoms with Gasteiger partial charge in [0, 0.05) is 6.20 Å². The fraction of sp³-hybridized carbons (Fsp3) is 0.267. The molecule has 0 saturated heterocycles. The molecule has 1 rings (SSSR count). The van der Waals surface area contributed by atoms with Gasteiger partial charge >= 0.3 is 5.97 Å². The summed E-state index contributed by atoms with van der Waals surface area (Å²) in [6.07, 6.45) is 0.134. The van der Waals surface area contributed by atoms with Crippen molar-refractivity contribution < 1.29 is 23.5 Å². The van der Waals surface area contributed by atoms with E-state index in [4.69, 9.17) is 10.00 Å². The summed E-state index contributed by atoms with van der Waals surface area (Å²) in [6.45, 7) is 3.23. The number of nitrogens with one attached hydrogen (secondary N) is 2. The molecule has 23 heavy (non-hydrogen) atoms. The average Bonchev–Trinajstić information content (AvgIpc) is 2.53. The number of halogens is 1. The second kappa shape index (κ2) is 9.04. The number of hydrogen-bond acceptors (Lipinski definition) is 6. The first-order chi connectivity index (χ1) is 11.0. The Balaban J connectivity index is 2.50. The number of hydrazine groups is 1. The van der Waals surface area contributed by atoms with Crippen molar-refractivity contribution in [1.29, 1.82) is 5.26 Å². The summed E-state index contributed by atoms with van der Waals surface area (Å²) in [6, 6.07) is 6.84. The molecule has 0 aromatic heterocycles. The maximum atomic E-state index is 12.8. The third-order valence-electron chi connectivity index (χ3n) is 2.52. The van der Waals surface area contributed by atoms with Crippen LogP contribution >= 0.6 is 0 Å². The van der Waals surface area contributed by atoms with Crippen molar-refractivity contribution in [2.24, 2.45) is 0 Å². The van der Waals surface area contributed by atoms with E-state index in [1.165, 1.54) is 31.2 Å². The van der Waals surface area contributed by atoms with Gasteiger partial charge in [-0.1, -0.05) is 0 Å². The molecule has 0 spiro atoms. The standard InChI is InChI=1S/C15H16FN3O4/c1-3-22-15(21)11(8-17)9-18-19-14(20)10(2)23-13-6-4-12(16)5-7-13/h4-7,9-10,18H,3H2,1-2H3,(H,19,20)/b11-9+/t10-/m0/s1. The van der Waals surface area contributed by atoms with Crippen LogP contribution in [0.5, 0.6) is 5.75 Å². The SMILES string of the molecule is CCOC(=O)/C(C#N)=C/NNC(=O)[C@H](C)Oc1ccc(F)cc1. The van der Waals surface area contributed by atoms with E-state index < -0.39 is 23.8 Å². The van der Waals surface area contributed by atoms with Gasteiger partial charge in [0.15, 0.2) is 11.7 Å². The number of carbonyl (C=O) groups is 2. The minimum Gasteiger partial charge on any atom is -0.481 e. The molecule has 0 saturated carbocycles. The first-order valence-corrected chi connectivity index (χ1v) is 6.73. The molecule has 0 heterocycles. The van der Waals surface area contributed by atoms with Crippen LogP contribution in [0.2, 0.25) is 0 Å². The summed E-state index contributed by atoms with van der Waals surface area (Å²) in [5.74, 6) is -1.43. The number of esters is 1. The molecule has 0 bridgehead atoms. The number of rotatable bonds is 7. The van der Waals surface area contributed by atoms with E-state index in [-0.39, 0.29) is 12.2 Å². The van der Waals surface area contributed by atoms with Crippen LogP contribution in [0, 0.1) is 17.1 Å². The van der Waals surface area contributed by atoms with Gasteiger partial charge in [-0.25, -0.2) is 9.18 Å². The highest BCUT2D eigenvalue weighted by Gasteiger charge is 2.14. The molecular formula is C15H16FN3O4. The molecule has 7 nitrogen and oxygen atoms in total. The van der Waals surface area contributed by atoms with Gasteiger partial charge < -0.3 is 14.9 Å². The molecule has 0 aliphatic carbocycles. The molecule has 0 fully saturated rings. The van der Waals surface area contributed by atoms with E-state index in [2.05, 4.69) is 15.6 Å². The van der Waals surface area contributed by atoms with Crippen molar-refractivity contribution in [2.75, 3.05) is 6.61 Å². The third-order valence-corrected chi connectivity index (χ3v) is 2.52. The fourth-order valence-corrected chi connectivity index (χ4v) is 1.40. The Labute approximate surface area is 132 Å². The molecule has 0 aliphatic heterocycles. The Morgan fingerprint density at radius 1 is 1.39 bits per heavy atom. The number of hydrogen-bond donors (Lipinski definition) is 2. The second-order valence-electron chi connectivity index (χ2n) is 4.24. The largest absolute Gasteiger partial charge is 0.481 e.